The summed E-state index contributed by atoms with van der Waals surface area (Å²) in [5.74, 6) is -0.936. The van der Waals surface area contributed by atoms with Gasteiger partial charge in [-0.2, -0.15) is 0 Å². The largest absolute Gasteiger partial charge is 0.475 e. The van der Waals surface area contributed by atoms with Crippen LogP contribution in [0, 0.1) is 0 Å². The molecule has 0 fully saturated rings. The number of thiophene rings is 1. The van der Waals surface area contributed by atoms with E-state index < -0.39 is 5.97 Å². The van der Waals surface area contributed by atoms with E-state index in [0.717, 1.165) is 31.2 Å². The van der Waals surface area contributed by atoms with Gasteiger partial charge in [-0.05, 0) is 43.4 Å². The predicted molar refractivity (Wildman–Crippen MR) is 83.1 cm³/mol. The summed E-state index contributed by atoms with van der Waals surface area (Å²) in [6.45, 7) is 0.0691. The van der Waals surface area contributed by atoms with Gasteiger partial charge in [-0.1, -0.05) is 5.21 Å². The SMILES string of the molecule is O=C(O)c1ccc(Cn2nnc3sc4c(c3c2=O)CCCC4)o1. The first-order chi connectivity index (χ1) is 11.1. The maximum absolute atomic E-state index is 12.7. The number of nitrogens with zero attached hydrogens (tertiary/aromatic N) is 3. The van der Waals surface area contributed by atoms with Crippen LogP contribution >= 0.6 is 11.3 Å². The zero-order valence-corrected chi connectivity index (χ0v) is 12.9. The average Bonchev–Trinajstić information content (AvgIpc) is 3.14. The summed E-state index contributed by atoms with van der Waals surface area (Å²) in [6.07, 6.45) is 4.13. The minimum atomic E-state index is -1.14. The van der Waals surface area contributed by atoms with Crippen molar-refractivity contribution in [1.29, 1.82) is 0 Å². The first-order valence-corrected chi connectivity index (χ1v) is 8.15. The van der Waals surface area contributed by atoms with E-state index in [2.05, 4.69) is 10.3 Å². The zero-order valence-electron chi connectivity index (χ0n) is 12.1. The van der Waals surface area contributed by atoms with E-state index in [4.69, 9.17) is 9.52 Å². The fourth-order valence-electron chi connectivity index (χ4n) is 2.94. The molecule has 0 spiro atoms. The fourth-order valence-corrected chi connectivity index (χ4v) is 4.13. The lowest BCUT2D eigenvalue weighted by Crippen LogP contribution is -2.25. The van der Waals surface area contributed by atoms with E-state index in [0.29, 0.717) is 16.0 Å². The van der Waals surface area contributed by atoms with Gasteiger partial charge in [0.05, 0.1) is 5.39 Å². The molecule has 8 heteroatoms. The highest BCUT2D eigenvalue weighted by Gasteiger charge is 2.21. The molecule has 23 heavy (non-hydrogen) atoms. The standard InChI is InChI=1S/C15H13N3O4S/c19-14-12-9-3-1-2-4-11(9)23-13(12)16-17-18(14)7-8-5-6-10(22-8)15(20)21/h5-6H,1-4,7H2,(H,20,21). The second-order valence-corrected chi connectivity index (χ2v) is 6.60. The topological polar surface area (TPSA) is 98.2 Å². The van der Waals surface area contributed by atoms with E-state index in [1.54, 1.807) is 11.3 Å². The summed E-state index contributed by atoms with van der Waals surface area (Å²) >= 11 is 1.55. The van der Waals surface area contributed by atoms with Crippen molar-refractivity contribution in [3.63, 3.8) is 0 Å². The van der Waals surface area contributed by atoms with E-state index in [1.165, 1.54) is 21.7 Å². The maximum Gasteiger partial charge on any atom is 0.371 e. The van der Waals surface area contributed by atoms with Gasteiger partial charge in [0.2, 0.25) is 5.76 Å². The summed E-state index contributed by atoms with van der Waals surface area (Å²) in [6, 6.07) is 2.89. The highest BCUT2D eigenvalue weighted by atomic mass is 32.1. The lowest BCUT2D eigenvalue weighted by molar-refractivity contribution is 0.0660. The quantitative estimate of drug-likeness (QED) is 0.789. The zero-order chi connectivity index (χ0) is 16.0. The fraction of sp³-hybridized carbons (Fsp3) is 0.333. The molecule has 1 N–H and O–H groups in total. The number of hydrogen-bond acceptors (Lipinski definition) is 6. The van der Waals surface area contributed by atoms with Gasteiger partial charge in [0.25, 0.3) is 5.56 Å². The number of aryl methyl sites for hydroxylation is 2. The Morgan fingerprint density at radius 3 is 2.96 bits per heavy atom. The Morgan fingerprint density at radius 1 is 1.35 bits per heavy atom. The molecule has 0 saturated heterocycles. The van der Waals surface area contributed by atoms with Crippen LogP contribution in [0.1, 0.15) is 39.6 Å². The maximum atomic E-state index is 12.7. The molecule has 3 aromatic heterocycles. The Kier molecular flexibility index (Phi) is 3.26. The van der Waals surface area contributed by atoms with Crippen LogP contribution in [0.25, 0.3) is 10.2 Å². The summed E-state index contributed by atoms with van der Waals surface area (Å²) in [5, 5.41) is 17.6. The van der Waals surface area contributed by atoms with Crippen molar-refractivity contribution in [2.24, 2.45) is 0 Å². The van der Waals surface area contributed by atoms with E-state index in [9.17, 15) is 9.59 Å². The molecule has 0 saturated carbocycles. The van der Waals surface area contributed by atoms with Crippen LogP contribution in [0.15, 0.2) is 21.3 Å². The van der Waals surface area contributed by atoms with Crippen molar-refractivity contribution >= 4 is 27.5 Å². The number of carboxylic acids is 1. The third-order valence-corrected chi connectivity index (χ3v) is 5.20. The first-order valence-electron chi connectivity index (χ1n) is 7.33. The van der Waals surface area contributed by atoms with Crippen LogP contribution in [-0.4, -0.2) is 26.1 Å². The van der Waals surface area contributed by atoms with Gasteiger partial charge >= 0.3 is 5.97 Å². The molecule has 0 amide bonds. The number of hydrogen-bond donors (Lipinski definition) is 1. The Hall–Kier alpha value is -2.48. The normalized spacial score (nSPS) is 14.1. The molecule has 0 radical (unpaired) electrons. The molecule has 3 aromatic rings. The lowest BCUT2D eigenvalue weighted by Gasteiger charge is -2.09. The number of aromatic nitrogens is 3. The Balaban J connectivity index is 1.76. The first kappa shape index (κ1) is 14.1. The molecule has 0 bridgehead atoms. The van der Waals surface area contributed by atoms with E-state index >= 15 is 0 Å². The Labute approximate surface area is 134 Å². The molecular formula is C15H13N3O4S. The molecule has 7 nitrogen and oxygen atoms in total. The predicted octanol–water partition coefficient (Wildman–Crippen LogP) is 2.07. The molecule has 0 aromatic carbocycles. The number of rotatable bonds is 3. The summed E-state index contributed by atoms with van der Waals surface area (Å²) in [5.41, 5.74) is 0.915. The molecule has 0 aliphatic heterocycles. The summed E-state index contributed by atoms with van der Waals surface area (Å²) in [4.78, 5) is 25.5. The number of aromatic carboxylic acids is 1. The van der Waals surface area contributed by atoms with Gasteiger partial charge in [0.1, 0.15) is 12.3 Å². The van der Waals surface area contributed by atoms with Gasteiger partial charge in [0.15, 0.2) is 4.83 Å². The Bertz CT molecular complexity index is 969. The van der Waals surface area contributed by atoms with Gasteiger partial charge < -0.3 is 9.52 Å². The average molecular weight is 331 g/mol. The van der Waals surface area contributed by atoms with Crippen LogP contribution in [0.3, 0.4) is 0 Å². The highest BCUT2D eigenvalue weighted by molar-refractivity contribution is 7.18. The van der Waals surface area contributed by atoms with E-state index in [1.807, 2.05) is 0 Å². The number of fused-ring (bicyclic) bond motifs is 3. The highest BCUT2D eigenvalue weighted by Crippen LogP contribution is 2.33. The smallest absolute Gasteiger partial charge is 0.371 e. The number of carboxylic acid groups (broad SMARTS) is 1. The van der Waals surface area contributed by atoms with Gasteiger partial charge in [-0.15, -0.1) is 16.4 Å². The van der Waals surface area contributed by atoms with Gasteiger partial charge in [-0.25, -0.2) is 9.48 Å². The molecule has 0 unspecified atom stereocenters. The van der Waals surface area contributed by atoms with Crippen molar-refractivity contribution in [1.82, 2.24) is 15.0 Å². The van der Waals surface area contributed by atoms with Crippen molar-refractivity contribution in [3.8, 4) is 0 Å². The van der Waals surface area contributed by atoms with Crippen LogP contribution < -0.4 is 5.56 Å². The van der Waals surface area contributed by atoms with Crippen molar-refractivity contribution < 1.29 is 14.3 Å². The van der Waals surface area contributed by atoms with Crippen LogP contribution in [-0.2, 0) is 19.4 Å². The second-order valence-electron chi connectivity index (χ2n) is 5.51. The third kappa shape index (κ3) is 2.35. The minimum Gasteiger partial charge on any atom is -0.475 e. The molecule has 0 atom stereocenters. The van der Waals surface area contributed by atoms with E-state index in [-0.39, 0.29) is 17.9 Å². The molecule has 1 aliphatic carbocycles. The van der Waals surface area contributed by atoms with Crippen LogP contribution in [0.2, 0.25) is 0 Å². The molecule has 3 heterocycles. The van der Waals surface area contributed by atoms with Crippen molar-refractivity contribution in [3.05, 3.63) is 44.4 Å². The molecular weight excluding hydrogens is 318 g/mol. The molecule has 1 aliphatic rings. The summed E-state index contributed by atoms with van der Waals surface area (Å²) < 4.78 is 6.42. The van der Waals surface area contributed by atoms with Crippen molar-refractivity contribution in [2.75, 3.05) is 0 Å². The minimum absolute atomic E-state index is 0.0691. The van der Waals surface area contributed by atoms with Crippen LogP contribution in [0.5, 0.6) is 0 Å². The molecule has 4 rings (SSSR count). The van der Waals surface area contributed by atoms with Crippen molar-refractivity contribution in [2.45, 2.75) is 32.2 Å². The number of carbonyl (C=O) groups is 1. The second kappa shape index (κ2) is 5.31. The Morgan fingerprint density at radius 2 is 2.17 bits per heavy atom. The summed E-state index contributed by atoms with van der Waals surface area (Å²) in [7, 11) is 0. The lowest BCUT2D eigenvalue weighted by atomic mass is 9.97. The third-order valence-electron chi connectivity index (χ3n) is 4.02. The van der Waals surface area contributed by atoms with Crippen LogP contribution in [0.4, 0.5) is 0 Å². The number of furan rings is 1. The van der Waals surface area contributed by atoms with Gasteiger partial charge in [0, 0.05) is 4.88 Å². The molecule has 118 valence electrons. The monoisotopic (exact) mass is 331 g/mol. The van der Waals surface area contributed by atoms with Gasteiger partial charge in [-0.3, -0.25) is 4.79 Å².